The molecule has 182 valence electrons. The standard InChI is InChI=1S/C26H31NO7/c1-32-15-6-4-14(5-7-15)13-27-11-10-26-12-17(28)23(30)25(34-3)20(26)21(27)22(29)16-8-9-18(33-2)24(31)19(16)26/h4-9,17,21-23,28-31H,10-13H2,1-3H3/t17-,21+,22+,23-,26-/m0/s1. The molecule has 8 nitrogen and oxygen atoms in total. The average molecular weight is 470 g/mol. The lowest BCUT2D eigenvalue weighted by atomic mass is 9.54. The number of hydrogen-bond donors (Lipinski definition) is 4. The Morgan fingerprint density at radius 2 is 1.68 bits per heavy atom. The highest BCUT2D eigenvalue weighted by Crippen LogP contribution is 2.61. The van der Waals surface area contributed by atoms with E-state index in [0.29, 0.717) is 36.4 Å². The molecule has 1 aliphatic heterocycles. The summed E-state index contributed by atoms with van der Waals surface area (Å²) in [7, 11) is 4.57. The molecule has 0 spiro atoms. The van der Waals surface area contributed by atoms with Crippen LogP contribution in [0, 0.1) is 0 Å². The van der Waals surface area contributed by atoms with Crippen molar-refractivity contribution in [3.8, 4) is 17.2 Å². The van der Waals surface area contributed by atoms with Crippen LogP contribution in [0.4, 0.5) is 0 Å². The number of fused-ring (bicyclic) bond motifs is 1. The van der Waals surface area contributed by atoms with E-state index in [1.165, 1.54) is 14.2 Å². The number of likely N-dealkylation sites (tertiary alicyclic amines) is 1. The van der Waals surface area contributed by atoms with E-state index in [9.17, 15) is 20.4 Å². The Balaban J connectivity index is 1.69. The zero-order valence-electron chi connectivity index (χ0n) is 19.6. The zero-order chi connectivity index (χ0) is 24.2. The maximum Gasteiger partial charge on any atom is 0.162 e. The van der Waals surface area contributed by atoms with Crippen LogP contribution in [0.1, 0.15) is 35.6 Å². The fraction of sp³-hybridized carbons (Fsp3) is 0.462. The molecule has 4 N–H and O–H groups in total. The van der Waals surface area contributed by atoms with Crippen molar-refractivity contribution >= 4 is 0 Å². The summed E-state index contributed by atoms with van der Waals surface area (Å²) in [5, 5.41) is 44.5. The second-order valence-electron chi connectivity index (χ2n) is 9.32. The van der Waals surface area contributed by atoms with Gasteiger partial charge in [-0.15, -0.1) is 0 Å². The van der Waals surface area contributed by atoms with Crippen LogP contribution in [0.15, 0.2) is 47.7 Å². The lowest BCUT2D eigenvalue weighted by molar-refractivity contribution is -0.0536. The quantitative estimate of drug-likeness (QED) is 0.526. The number of aromatic hydroxyl groups is 1. The van der Waals surface area contributed by atoms with Gasteiger partial charge >= 0.3 is 0 Å². The van der Waals surface area contributed by atoms with Crippen LogP contribution in [-0.2, 0) is 16.7 Å². The molecule has 8 heteroatoms. The number of nitrogens with zero attached hydrogens (tertiary/aromatic N) is 1. The Morgan fingerprint density at radius 3 is 2.32 bits per heavy atom. The molecule has 2 aromatic rings. The third-order valence-corrected chi connectivity index (χ3v) is 7.74. The SMILES string of the molecule is COC1=C2[C@@H]3[C@H](O)c4ccc(OC)c(O)c4[C@]2(CCN3Cc2ccc(OC)cc2)C[C@H](O)[C@@H]1O. The summed E-state index contributed by atoms with van der Waals surface area (Å²) in [6.07, 6.45) is -2.46. The maximum atomic E-state index is 11.6. The number of ether oxygens (including phenoxy) is 3. The topological polar surface area (TPSA) is 112 Å². The van der Waals surface area contributed by atoms with Gasteiger partial charge in [-0.1, -0.05) is 18.2 Å². The molecule has 5 atom stereocenters. The van der Waals surface area contributed by atoms with Crippen LogP contribution in [0.3, 0.4) is 0 Å². The van der Waals surface area contributed by atoms with E-state index in [0.717, 1.165) is 16.9 Å². The monoisotopic (exact) mass is 469 g/mol. The summed E-state index contributed by atoms with van der Waals surface area (Å²) >= 11 is 0. The number of benzene rings is 2. The van der Waals surface area contributed by atoms with Crippen LogP contribution in [0.5, 0.6) is 17.2 Å². The Bertz CT molecular complexity index is 1110. The van der Waals surface area contributed by atoms with Crippen LogP contribution < -0.4 is 9.47 Å². The minimum atomic E-state index is -1.21. The highest BCUT2D eigenvalue weighted by Gasteiger charge is 2.60. The van der Waals surface area contributed by atoms with Crippen LogP contribution in [-0.4, -0.2) is 71.4 Å². The molecule has 2 aliphatic carbocycles. The number of piperidine rings is 1. The number of methoxy groups -OCH3 is 3. The lowest BCUT2D eigenvalue weighted by Crippen LogP contribution is -2.61. The fourth-order valence-electron chi connectivity index (χ4n) is 6.23. The molecule has 3 aliphatic rings. The lowest BCUT2D eigenvalue weighted by Gasteiger charge is -2.58. The van der Waals surface area contributed by atoms with Gasteiger partial charge in [0.25, 0.3) is 0 Å². The van der Waals surface area contributed by atoms with E-state index < -0.39 is 29.8 Å². The molecule has 1 heterocycles. The molecule has 5 rings (SSSR count). The van der Waals surface area contributed by atoms with Crippen molar-refractivity contribution in [1.82, 2.24) is 4.90 Å². The third kappa shape index (κ3) is 3.20. The van der Waals surface area contributed by atoms with Gasteiger partial charge in [0.15, 0.2) is 11.5 Å². The largest absolute Gasteiger partial charge is 0.504 e. The Kier molecular flexibility index (Phi) is 5.72. The first-order chi connectivity index (χ1) is 16.4. The molecule has 1 saturated heterocycles. The van der Waals surface area contributed by atoms with Gasteiger partial charge < -0.3 is 34.6 Å². The molecule has 2 bridgehead atoms. The minimum Gasteiger partial charge on any atom is -0.504 e. The summed E-state index contributed by atoms with van der Waals surface area (Å²) in [4.78, 5) is 2.17. The normalized spacial score (nSPS) is 30.4. The van der Waals surface area contributed by atoms with E-state index in [2.05, 4.69) is 4.90 Å². The predicted molar refractivity (Wildman–Crippen MR) is 124 cm³/mol. The van der Waals surface area contributed by atoms with E-state index in [-0.39, 0.29) is 17.9 Å². The molecular weight excluding hydrogens is 438 g/mol. The van der Waals surface area contributed by atoms with Gasteiger partial charge in [0, 0.05) is 29.6 Å². The summed E-state index contributed by atoms with van der Waals surface area (Å²) in [6, 6.07) is 10.7. The predicted octanol–water partition coefficient (Wildman–Crippen LogP) is 1.99. The molecule has 0 unspecified atom stereocenters. The van der Waals surface area contributed by atoms with E-state index in [1.807, 2.05) is 24.3 Å². The highest BCUT2D eigenvalue weighted by molar-refractivity contribution is 5.63. The van der Waals surface area contributed by atoms with Gasteiger partial charge in [0.1, 0.15) is 17.6 Å². The van der Waals surface area contributed by atoms with Gasteiger partial charge in [0.2, 0.25) is 0 Å². The Hall–Kier alpha value is -2.78. The number of rotatable bonds is 5. The molecule has 0 amide bonds. The summed E-state index contributed by atoms with van der Waals surface area (Å²) < 4.78 is 16.3. The van der Waals surface area contributed by atoms with E-state index in [1.54, 1.807) is 19.2 Å². The summed E-state index contributed by atoms with van der Waals surface area (Å²) in [5.41, 5.74) is 2.13. The molecule has 1 fully saturated rings. The van der Waals surface area contributed by atoms with Crippen LogP contribution >= 0.6 is 0 Å². The Morgan fingerprint density at radius 1 is 0.941 bits per heavy atom. The van der Waals surface area contributed by atoms with Crippen LogP contribution in [0.2, 0.25) is 0 Å². The van der Waals surface area contributed by atoms with Gasteiger partial charge in [-0.2, -0.15) is 0 Å². The zero-order valence-corrected chi connectivity index (χ0v) is 19.6. The van der Waals surface area contributed by atoms with Crippen molar-refractivity contribution in [2.75, 3.05) is 27.9 Å². The van der Waals surface area contributed by atoms with Crippen molar-refractivity contribution in [2.45, 2.75) is 49.2 Å². The molecule has 34 heavy (non-hydrogen) atoms. The first-order valence-electron chi connectivity index (χ1n) is 11.5. The van der Waals surface area contributed by atoms with E-state index >= 15 is 0 Å². The van der Waals surface area contributed by atoms with Gasteiger partial charge in [-0.25, -0.2) is 0 Å². The average Bonchev–Trinajstić information content (AvgIpc) is 2.84. The number of phenolic OH excluding ortho intramolecular Hbond substituents is 1. The van der Waals surface area contributed by atoms with Crippen molar-refractivity contribution < 1.29 is 34.6 Å². The molecule has 0 radical (unpaired) electrons. The van der Waals surface area contributed by atoms with Crippen molar-refractivity contribution in [3.05, 3.63) is 64.4 Å². The number of phenols is 1. The maximum absolute atomic E-state index is 11.6. The fourth-order valence-corrected chi connectivity index (χ4v) is 6.23. The molecular formula is C26H31NO7. The minimum absolute atomic E-state index is 0.0438. The number of aliphatic hydroxyl groups is 3. The number of aliphatic hydroxyl groups excluding tert-OH is 3. The van der Waals surface area contributed by atoms with Crippen molar-refractivity contribution in [3.63, 3.8) is 0 Å². The van der Waals surface area contributed by atoms with Gasteiger partial charge in [-0.05, 0) is 42.2 Å². The summed E-state index contributed by atoms with van der Waals surface area (Å²) in [5.74, 6) is 1.29. The highest BCUT2D eigenvalue weighted by atomic mass is 16.5. The first kappa shape index (κ1) is 23.0. The summed E-state index contributed by atoms with van der Waals surface area (Å²) in [6.45, 7) is 1.19. The molecule has 0 saturated carbocycles. The van der Waals surface area contributed by atoms with Crippen LogP contribution in [0.25, 0.3) is 0 Å². The second-order valence-corrected chi connectivity index (χ2v) is 9.32. The second kappa shape index (κ2) is 8.46. The van der Waals surface area contributed by atoms with Crippen molar-refractivity contribution in [1.29, 1.82) is 0 Å². The van der Waals surface area contributed by atoms with Gasteiger partial charge in [0.05, 0.1) is 39.6 Å². The van der Waals surface area contributed by atoms with Crippen molar-refractivity contribution in [2.24, 2.45) is 0 Å². The smallest absolute Gasteiger partial charge is 0.162 e. The number of hydrogen-bond acceptors (Lipinski definition) is 8. The third-order valence-electron chi connectivity index (χ3n) is 7.74. The molecule has 2 aromatic carbocycles. The molecule has 0 aromatic heterocycles. The first-order valence-corrected chi connectivity index (χ1v) is 11.5. The van der Waals surface area contributed by atoms with Gasteiger partial charge in [-0.3, -0.25) is 4.90 Å². The Labute approximate surface area is 198 Å². The van der Waals surface area contributed by atoms with E-state index in [4.69, 9.17) is 14.2 Å².